The van der Waals surface area contributed by atoms with Crippen molar-refractivity contribution >= 4 is 0 Å². The molecule has 1 nitrogen and oxygen atoms in total. The molecule has 0 bridgehead atoms. The van der Waals surface area contributed by atoms with Crippen molar-refractivity contribution < 1.29 is 7.85 Å². The van der Waals surface area contributed by atoms with E-state index in [4.69, 9.17) is 7.85 Å². The molecule has 0 saturated heterocycles. The zero-order valence-corrected chi connectivity index (χ0v) is 2.73. The summed E-state index contributed by atoms with van der Waals surface area (Å²) in [6, 6.07) is 0. The Hall–Kier alpha value is -0.480. The summed E-state index contributed by atoms with van der Waals surface area (Å²) in [5.41, 5.74) is 0. The molecule has 1 N–H and O–H groups in total. The van der Waals surface area contributed by atoms with E-state index in [1.54, 1.807) is 0 Å². The van der Waals surface area contributed by atoms with Crippen LogP contribution in [0.2, 0.25) is 0 Å². The monoisotopic (exact) mass is 72.1 g/mol. The van der Waals surface area contributed by atoms with Crippen molar-refractivity contribution in [3.8, 4) is 12.3 Å². The first-order valence-electron chi connectivity index (χ1n) is 2.22. The second kappa shape index (κ2) is 3.52. The van der Waals surface area contributed by atoms with E-state index in [0.717, 1.165) is 0 Å². The molecule has 0 aliphatic heterocycles. The summed E-state index contributed by atoms with van der Waals surface area (Å²) in [5, 5.41) is 8.21. The molecule has 0 aromatic rings. The predicted octanol–water partition coefficient (Wildman–Crippen LogP) is 0.00200. The van der Waals surface area contributed by atoms with Gasteiger partial charge in [-0.25, -0.2) is 0 Å². The second-order valence-corrected chi connectivity index (χ2v) is 0.539. The van der Waals surface area contributed by atoms with Crippen LogP contribution in [0.4, 0.5) is 0 Å². The Kier molecular flexibility index (Phi) is 1.29. The van der Waals surface area contributed by atoms with Gasteiger partial charge in [-0.15, -0.1) is 12.3 Å². The van der Waals surface area contributed by atoms with Crippen LogP contribution in [-0.4, -0.2) is 11.7 Å². The maximum Gasteiger partial charge on any atom is 0.0574 e. The Balaban J connectivity index is 3.40. The minimum Gasteiger partial charge on any atom is -0.395 e. The van der Waals surface area contributed by atoms with Crippen LogP contribution in [0.3, 0.4) is 0 Å². The number of hydrogen-bond donors (Lipinski definition) is 1. The molecule has 1 heteroatoms. The fourth-order valence-electron chi connectivity index (χ4n) is 0.0456. The van der Waals surface area contributed by atoms with Crippen LogP contribution >= 0.6 is 0 Å². The third-order valence-corrected chi connectivity index (χ3v) is 0.181. The molecule has 0 aromatic carbocycles. The van der Waals surface area contributed by atoms with Gasteiger partial charge in [0.05, 0.1) is 9.30 Å². The van der Waals surface area contributed by atoms with Crippen LogP contribution < -0.4 is 0 Å². The average molecular weight is 72.1 g/mol. The minimum atomic E-state index is -2.19. The maximum absolute atomic E-state index is 8.21. The Morgan fingerprint density at radius 3 is 2.80 bits per heavy atom. The van der Waals surface area contributed by atoms with Crippen molar-refractivity contribution in [1.82, 2.24) is 0 Å². The van der Waals surface area contributed by atoms with Crippen molar-refractivity contribution in [2.75, 3.05) is 6.56 Å². The minimum absolute atomic E-state index is 0.243. The third kappa shape index (κ3) is 3.52. The first-order valence-corrected chi connectivity index (χ1v) is 1.22. The lowest BCUT2D eigenvalue weighted by Crippen LogP contribution is -1.72. The molecule has 0 rings (SSSR count). The van der Waals surface area contributed by atoms with E-state index in [9.17, 15) is 0 Å². The summed E-state index contributed by atoms with van der Waals surface area (Å²) in [5.74, 6) is 1.98. The van der Waals surface area contributed by atoms with Crippen LogP contribution in [-0.2, 0) is 0 Å². The Morgan fingerprint density at radius 2 is 2.80 bits per heavy atom. The summed E-state index contributed by atoms with van der Waals surface area (Å²) >= 11 is 0. The van der Waals surface area contributed by atoms with Gasteiger partial charge in [0.25, 0.3) is 0 Å². The van der Waals surface area contributed by atoms with Crippen LogP contribution in [0.1, 0.15) is 9.16 Å². The van der Waals surface area contributed by atoms with Crippen molar-refractivity contribution in [3.05, 3.63) is 0 Å². The van der Waals surface area contributed by atoms with Gasteiger partial charge in [0.15, 0.2) is 0 Å². The molecule has 0 aromatic heterocycles. The lowest BCUT2D eigenvalue weighted by atomic mass is 10.5. The molecule has 0 heterocycles. The molecule has 0 aliphatic rings. The third-order valence-electron chi connectivity index (χ3n) is 0.181. The first-order chi connectivity index (χ1) is 3.06. The van der Waals surface area contributed by atoms with E-state index in [0.29, 0.717) is 0 Å². The molecule has 0 radical (unpaired) electrons. The molecule has 0 saturated carbocycles. The molecule has 5 heavy (non-hydrogen) atoms. The van der Waals surface area contributed by atoms with E-state index in [1.165, 1.54) is 0 Å². The SMILES string of the molecule is [2H]C([2H])(O)CC#C. The summed E-state index contributed by atoms with van der Waals surface area (Å²) in [6.45, 7) is -2.19. The quantitative estimate of drug-likeness (QED) is 0.432. The van der Waals surface area contributed by atoms with Crippen LogP contribution in [0.5, 0.6) is 0 Å². The predicted molar refractivity (Wildman–Crippen MR) is 20.5 cm³/mol. The normalized spacial score (nSPS) is 15.2. The number of hydrogen-bond acceptors (Lipinski definition) is 1. The molecule has 0 atom stereocenters. The van der Waals surface area contributed by atoms with Crippen molar-refractivity contribution in [1.29, 1.82) is 0 Å². The van der Waals surface area contributed by atoms with Gasteiger partial charge in [0.1, 0.15) is 0 Å². The summed E-state index contributed by atoms with van der Waals surface area (Å²) in [4.78, 5) is 0. The fraction of sp³-hybridized carbons (Fsp3) is 0.500. The van der Waals surface area contributed by atoms with Crippen LogP contribution in [0.15, 0.2) is 0 Å². The van der Waals surface area contributed by atoms with Crippen molar-refractivity contribution in [2.45, 2.75) is 6.42 Å². The highest BCUT2D eigenvalue weighted by Gasteiger charge is 1.62. The van der Waals surface area contributed by atoms with Crippen molar-refractivity contribution in [3.63, 3.8) is 0 Å². The number of rotatable bonds is 1. The lowest BCUT2D eigenvalue weighted by Gasteiger charge is -1.70. The largest absolute Gasteiger partial charge is 0.395 e. The molecular weight excluding hydrogens is 64.0 g/mol. The summed E-state index contributed by atoms with van der Waals surface area (Å²) < 4.78 is 12.8. The standard InChI is InChI=1S/C4H6O/c1-2-3-4-5/h1,5H,3-4H2/i4D2. The van der Waals surface area contributed by atoms with E-state index in [1.807, 2.05) is 5.92 Å². The van der Waals surface area contributed by atoms with Gasteiger partial charge in [-0.05, 0) is 0 Å². The van der Waals surface area contributed by atoms with Crippen LogP contribution in [0, 0.1) is 12.3 Å². The molecule has 0 spiro atoms. The topological polar surface area (TPSA) is 20.2 Å². The van der Waals surface area contributed by atoms with Gasteiger partial charge < -0.3 is 5.11 Å². The average Bonchev–Trinajstić information content (AvgIpc) is 1.30. The zero-order chi connectivity index (χ0) is 5.91. The molecule has 0 unspecified atom stereocenters. The molecular formula is C4H6O. The highest BCUT2D eigenvalue weighted by molar-refractivity contribution is 4.82. The summed E-state index contributed by atoms with van der Waals surface area (Å²) in [6.07, 6.45) is 4.42. The van der Waals surface area contributed by atoms with Crippen molar-refractivity contribution in [2.24, 2.45) is 0 Å². The molecule has 28 valence electrons. The Bertz CT molecular complexity index is 86.8. The fourth-order valence-corrected chi connectivity index (χ4v) is 0.0456. The van der Waals surface area contributed by atoms with E-state index < -0.39 is 6.56 Å². The van der Waals surface area contributed by atoms with Gasteiger partial charge in [0.2, 0.25) is 0 Å². The number of aliphatic hydroxyl groups is 1. The maximum atomic E-state index is 8.21. The lowest BCUT2D eigenvalue weighted by molar-refractivity contribution is 0.305. The van der Waals surface area contributed by atoms with E-state index in [2.05, 4.69) is 6.42 Å². The van der Waals surface area contributed by atoms with Gasteiger partial charge >= 0.3 is 0 Å². The van der Waals surface area contributed by atoms with Gasteiger partial charge in [-0.2, -0.15) is 0 Å². The summed E-state index contributed by atoms with van der Waals surface area (Å²) in [7, 11) is 0. The van der Waals surface area contributed by atoms with Gasteiger partial charge in [-0.1, -0.05) is 0 Å². The Morgan fingerprint density at radius 1 is 2.20 bits per heavy atom. The van der Waals surface area contributed by atoms with Gasteiger partial charge in [0, 0.05) is 6.42 Å². The van der Waals surface area contributed by atoms with Gasteiger partial charge in [-0.3, -0.25) is 0 Å². The number of terminal acetylenes is 1. The Labute approximate surface area is 34.4 Å². The molecule has 0 aliphatic carbocycles. The van der Waals surface area contributed by atoms with Crippen LogP contribution in [0.25, 0.3) is 0 Å². The van der Waals surface area contributed by atoms with E-state index >= 15 is 0 Å². The first kappa shape index (κ1) is 1.84. The van der Waals surface area contributed by atoms with E-state index in [-0.39, 0.29) is 6.42 Å². The smallest absolute Gasteiger partial charge is 0.0574 e. The molecule has 0 fully saturated rings. The highest BCUT2D eigenvalue weighted by atomic mass is 16.2. The second-order valence-electron chi connectivity index (χ2n) is 0.539. The molecule has 0 amide bonds. The zero-order valence-electron chi connectivity index (χ0n) is 4.73. The highest BCUT2D eigenvalue weighted by Crippen LogP contribution is 1.62.